The number of nitrogens with two attached hydrogens (primary N) is 1. The maximum Gasteiger partial charge on any atom is 0.150 e. The molecule has 2 unspecified atom stereocenters. The summed E-state index contributed by atoms with van der Waals surface area (Å²) in [6.07, 6.45) is 7.03. The molecule has 2 rings (SSSR count). The fraction of sp³-hybridized carbons (Fsp3) is 1.00. The lowest BCUT2D eigenvalue weighted by atomic mass is 9.79. The standard InChI is InChI=1S/C11H22N2O2S/c12-13-11(9-4-2-1-3-5-9)10-6-7-16(14,15)8-10/h9-11,13H,1-8,12H2. The molecular formula is C11H22N2O2S. The van der Waals surface area contributed by atoms with Crippen molar-refractivity contribution in [3.8, 4) is 0 Å². The Bertz CT molecular complexity index is 323. The molecule has 1 aliphatic carbocycles. The first-order valence-electron chi connectivity index (χ1n) is 6.29. The van der Waals surface area contributed by atoms with Crippen molar-refractivity contribution in [2.45, 2.75) is 44.6 Å². The van der Waals surface area contributed by atoms with E-state index in [4.69, 9.17) is 5.84 Å². The van der Waals surface area contributed by atoms with Crippen LogP contribution >= 0.6 is 0 Å². The van der Waals surface area contributed by atoms with Gasteiger partial charge in [-0.2, -0.15) is 0 Å². The predicted molar refractivity (Wildman–Crippen MR) is 64.4 cm³/mol. The monoisotopic (exact) mass is 246 g/mol. The van der Waals surface area contributed by atoms with Crippen LogP contribution in [0, 0.1) is 11.8 Å². The van der Waals surface area contributed by atoms with Gasteiger partial charge in [0.25, 0.3) is 0 Å². The van der Waals surface area contributed by atoms with Crippen molar-refractivity contribution in [3.05, 3.63) is 0 Å². The zero-order valence-corrected chi connectivity index (χ0v) is 10.5. The highest BCUT2D eigenvalue weighted by Crippen LogP contribution is 2.33. The highest BCUT2D eigenvalue weighted by atomic mass is 32.2. The Kier molecular flexibility index (Phi) is 3.87. The van der Waals surface area contributed by atoms with Gasteiger partial charge in [0.05, 0.1) is 11.5 Å². The second kappa shape index (κ2) is 5.02. The van der Waals surface area contributed by atoms with Gasteiger partial charge in [0.15, 0.2) is 9.84 Å². The van der Waals surface area contributed by atoms with Gasteiger partial charge in [-0.15, -0.1) is 0 Å². The zero-order chi connectivity index (χ0) is 11.6. The third-order valence-corrected chi connectivity index (χ3v) is 5.92. The maximum absolute atomic E-state index is 11.5. The van der Waals surface area contributed by atoms with Gasteiger partial charge in [0, 0.05) is 6.04 Å². The molecule has 5 heteroatoms. The van der Waals surface area contributed by atoms with Crippen molar-refractivity contribution in [1.82, 2.24) is 5.43 Å². The quantitative estimate of drug-likeness (QED) is 0.571. The summed E-state index contributed by atoms with van der Waals surface area (Å²) in [5, 5.41) is 0. The molecule has 0 bridgehead atoms. The van der Waals surface area contributed by atoms with Crippen LogP contribution in [0.25, 0.3) is 0 Å². The Hall–Kier alpha value is -0.130. The highest BCUT2D eigenvalue weighted by Gasteiger charge is 2.37. The van der Waals surface area contributed by atoms with Crippen molar-refractivity contribution < 1.29 is 8.42 Å². The Balaban J connectivity index is 1.99. The predicted octanol–water partition coefficient (Wildman–Crippen LogP) is 0.833. The highest BCUT2D eigenvalue weighted by molar-refractivity contribution is 7.91. The van der Waals surface area contributed by atoms with Gasteiger partial charge in [-0.25, -0.2) is 8.42 Å². The Morgan fingerprint density at radius 3 is 2.25 bits per heavy atom. The Morgan fingerprint density at radius 1 is 1.06 bits per heavy atom. The van der Waals surface area contributed by atoms with Crippen LogP contribution in [0.5, 0.6) is 0 Å². The fourth-order valence-electron chi connectivity index (χ4n) is 3.26. The van der Waals surface area contributed by atoms with Crippen LogP contribution in [0.15, 0.2) is 0 Å². The maximum atomic E-state index is 11.5. The number of hydrogen-bond donors (Lipinski definition) is 2. The molecule has 0 aromatic rings. The third kappa shape index (κ3) is 2.76. The minimum atomic E-state index is -2.78. The van der Waals surface area contributed by atoms with Gasteiger partial charge in [-0.3, -0.25) is 11.3 Å². The molecule has 1 heterocycles. The van der Waals surface area contributed by atoms with Gasteiger partial charge in [0.2, 0.25) is 0 Å². The van der Waals surface area contributed by atoms with Crippen LogP contribution in [-0.2, 0) is 9.84 Å². The van der Waals surface area contributed by atoms with Crippen LogP contribution in [0.1, 0.15) is 38.5 Å². The summed E-state index contributed by atoms with van der Waals surface area (Å²) in [6.45, 7) is 0. The molecule has 16 heavy (non-hydrogen) atoms. The second-order valence-electron chi connectivity index (χ2n) is 5.25. The lowest BCUT2D eigenvalue weighted by Crippen LogP contribution is -2.47. The van der Waals surface area contributed by atoms with Gasteiger partial charge in [0.1, 0.15) is 0 Å². The van der Waals surface area contributed by atoms with E-state index < -0.39 is 9.84 Å². The summed E-state index contributed by atoms with van der Waals surface area (Å²) in [4.78, 5) is 0. The van der Waals surface area contributed by atoms with E-state index in [0.717, 1.165) is 6.42 Å². The molecular weight excluding hydrogens is 224 g/mol. The third-order valence-electron chi connectivity index (χ3n) is 4.13. The second-order valence-corrected chi connectivity index (χ2v) is 7.48. The SMILES string of the molecule is NNC(C1CCCCC1)C1CCS(=O)(=O)C1. The normalized spacial score (nSPS) is 32.7. The van der Waals surface area contributed by atoms with E-state index in [-0.39, 0.29) is 12.0 Å². The smallest absolute Gasteiger partial charge is 0.150 e. The number of hydrogen-bond acceptors (Lipinski definition) is 4. The van der Waals surface area contributed by atoms with E-state index in [9.17, 15) is 8.42 Å². The van der Waals surface area contributed by atoms with Gasteiger partial charge >= 0.3 is 0 Å². The summed E-state index contributed by atoms with van der Waals surface area (Å²) in [5.41, 5.74) is 2.89. The van der Waals surface area contributed by atoms with Crippen molar-refractivity contribution in [3.63, 3.8) is 0 Å². The zero-order valence-electron chi connectivity index (χ0n) is 9.69. The first-order chi connectivity index (χ1) is 7.62. The van der Waals surface area contributed by atoms with Crippen LogP contribution in [0.2, 0.25) is 0 Å². The van der Waals surface area contributed by atoms with E-state index in [1.54, 1.807) is 0 Å². The number of nitrogens with one attached hydrogen (secondary N) is 1. The molecule has 2 fully saturated rings. The van der Waals surface area contributed by atoms with Crippen molar-refractivity contribution in [2.24, 2.45) is 17.7 Å². The minimum absolute atomic E-state index is 0.206. The lowest BCUT2D eigenvalue weighted by Gasteiger charge is -2.33. The number of sulfone groups is 1. The fourth-order valence-corrected chi connectivity index (χ4v) is 5.11. The van der Waals surface area contributed by atoms with Gasteiger partial charge in [-0.1, -0.05) is 19.3 Å². The summed E-state index contributed by atoms with van der Waals surface area (Å²) in [5.74, 6) is 7.12. The summed E-state index contributed by atoms with van der Waals surface area (Å²) >= 11 is 0. The lowest BCUT2D eigenvalue weighted by molar-refractivity contribution is 0.218. The molecule has 0 radical (unpaired) electrons. The van der Waals surface area contributed by atoms with E-state index in [1.807, 2.05) is 0 Å². The first-order valence-corrected chi connectivity index (χ1v) is 8.11. The minimum Gasteiger partial charge on any atom is -0.271 e. The molecule has 1 saturated heterocycles. The summed E-state index contributed by atoms with van der Waals surface area (Å²) < 4.78 is 23.0. The van der Waals surface area contributed by atoms with E-state index in [1.165, 1.54) is 32.1 Å². The molecule has 0 spiro atoms. The Morgan fingerprint density at radius 2 is 1.75 bits per heavy atom. The molecule has 3 N–H and O–H groups in total. The molecule has 2 aliphatic rings. The molecule has 0 amide bonds. The molecule has 1 saturated carbocycles. The Labute approximate surface area is 97.9 Å². The van der Waals surface area contributed by atoms with E-state index in [0.29, 0.717) is 17.4 Å². The van der Waals surface area contributed by atoms with Crippen LogP contribution in [-0.4, -0.2) is 26.0 Å². The molecule has 4 nitrogen and oxygen atoms in total. The molecule has 94 valence electrons. The van der Waals surface area contributed by atoms with E-state index in [2.05, 4.69) is 5.43 Å². The largest absolute Gasteiger partial charge is 0.271 e. The molecule has 1 aliphatic heterocycles. The van der Waals surface area contributed by atoms with Crippen molar-refractivity contribution in [2.75, 3.05) is 11.5 Å². The molecule has 2 atom stereocenters. The van der Waals surface area contributed by atoms with E-state index >= 15 is 0 Å². The number of rotatable bonds is 3. The molecule has 0 aromatic heterocycles. The van der Waals surface area contributed by atoms with Crippen molar-refractivity contribution in [1.29, 1.82) is 0 Å². The van der Waals surface area contributed by atoms with Gasteiger partial charge < -0.3 is 0 Å². The average Bonchev–Trinajstić information content (AvgIpc) is 2.62. The van der Waals surface area contributed by atoms with Crippen LogP contribution in [0.3, 0.4) is 0 Å². The number of hydrazine groups is 1. The average molecular weight is 246 g/mol. The van der Waals surface area contributed by atoms with Crippen molar-refractivity contribution >= 4 is 9.84 Å². The summed E-state index contributed by atoms with van der Waals surface area (Å²) in [7, 11) is -2.78. The van der Waals surface area contributed by atoms with Gasteiger partial charge in [-0.05, 0) is 31.1 Å². The van der Waals surface area contributed by atoms with Crippen LogP contribution in [0.4, 0.5) is 0 Å². The topological polar surface area (TPSA) is 72.2 Å². The van der Waals surface area contributed by atoms with Crippen LogP contribution < -0.4 is 11.3 Å². The first kappa shape index (κ1) is 12.3. The molecule has 0 aromatic carbocycles. The summed E-state index contributed by atoms with van der Waals surface area (Å²) in [6, 6.07) is 0.206.